The summed E-state index contributed by atoms with van der Waals surface area (Å²) < 4.78 is 4.73. The molecule has 4 N–H and O–H groups in total. The molecule has 21 heavy (non-hydrogen) atoms. The van der Waals surface area contributed by atoms with Crippen molar-refractivity contribution < 1.29 is 14.3 Å². The molecule has 10 heteroatoms. The molecular formula is C11H22Cl2N4O3S. The van der Waals surface area contributed by atoms with Gasteiger partial charge in [-0.25, -0.2) is 0 Å². The lowest BCUT2D eigenvalue weighted by Gasteiger charge is -2.22. The molecule has 0 bridgehead atoms. The van der Waals surface area contributed by atoms with Crippen molar-refractivity contribution in [2.24, 2.45) is 5.92 Å². The Bertz CT molecular complexity index is 341. The van der Waals surface area contributed by atoms with Crippen LogP contribution >= 0.6 is 37.0 Å². The number of esters is 1. The van der Waals surface area contributed by atoms with Gasteiger partial charge in [0.2, 0.25) is 5.91 Å². The molecule has 0 aromatic rings. The summed E-state index contributed by atoms with van der Waals surface area (Å²) in [7, 11) is 0. The predicted molar refractivity (Wildman–Crippen MR) is 88.6 cm³/mol. The minimum Gasteiger partial charge on any atom is -0.465 e. The lowest BCUT2D eigenvalue weighted by atomic mass is 9.98. The number of carbonyl (C=O) groups excluding carboxylic acids is 2. The van der Waals surface area contributed by atoms with Crippen LogP contribution in [0.1, 0.15) is 19.8 Å². The molecule has 1 rings (SSSR count). The monoisotopic (exact) mass is 360 g/mol. The van der Waals surface area contributed by atoms with Gasteiger partial charge in [-0.05, 0) is 45.1 Å². The van der Waals surface area contributed by atoms with Gasteiger partial charge in [0.15, 0.2) is 5.11 Å². The molecule has 0 spiro atoms. The van der Waals surface area contributed by atoms with Gasteiger partial charge in [-0.15, -0.1) is 24.8 Å². The maximum atomic E-state index is 11.8. The van der Waals surface area contributed by atoms with E-state index >= 15 is 0 Å². The Kier molecular flexibility index (Phi) is 13.8. The van der Waals surface area contributed by atoms with Crippen molar-refractivity contribution in [3.8, 4) is 0 Å². The van der Waals surface area contributed by atoms with Gasteiger partial charge < -0.3 is 15.4 Å². The first kappa shape index (κ1) is 22.5. The van der Waals surface area contributed by atoms with Crippen LogP contribution in [-0.2, 0) is 14.3 Å². The average molecular weight is 361 g/mol. The molecule has 0 aromatic carbocycles. The van der Waals surface area contributed by atoms with Crippen LogP contribution in [-0.4, -0.2) is 43.2 Å². The molecule has 0 saturated carbocycles. The van der Waals surface area contributed by atoms with E-state index in [1.54, 1.807) is 6.92 Å². The smallest absolute Gasteiger partial charge is 0.325 e. The Morgan fingerprint density at radius 1 is 1.24 bits per heavy atom. The van der Waals surface area contributed by atoms with E-state index in [-0.39, 0.29) is 48.3 Å². The Morgan fingerprint density at radius 3 is 2.43 bits per heavy atom. The Balaban J connectivity index is 0. The molecule has 124 valence electrons. The number of rotatable bonds is 4. The maximum Gasteiger partial charge on any atom is 0.325 e. The number of hydrazine groups is 1. The van der Waals surface area contributed by atoms with Crippen molar-refractivity contribution in [1.29, 1.82) is 0 Å². The molecule has 1 fully saturated rings. The lowest BCUT2D eigenvalue weighted by molar-refractivity contribution is -0.141. The summed E-state index contributed by atoms with van der Waals surface area (Å²) in [5, 5.41) is 6.02. The van der Waals surface area contributed by atoms with E-state index in [2.05, 4.69) is 21.5 Å². The standard InChI is InChI=1S/C11H20N4O3S.2ClH/c1-2-18-9(16)7-13-11(19)15-14-10(17)8-3-5-12-6-4-8;;/h8,12H,2-7H2,1H3,(H,14,17)(H2,13,15,19);2*1H. The highest BCUT2D eigenvalue weighted by Crippen LogP contribution is 2.10. The summed E-state index contributed by atoms with van der Waals surface area (Å²) in [6.45, 7) is 3.73. The highest BCUT2D eigenvalue weighted by atomic mass is 35.5. The van der Waals surface area contributed by atoms with Crippen molar-refractivity contribution in [2.45, 2.75) is 19.8 Å². The SMILES string of the molecule is CCOC(=O)CNC(=S)NNC(=O)C1CCNCC1.Cl.Cl. The van der Waals surface area contributed by atoms with Crippen LogP contribution in [0, 0.1) is 5.92 Å². The van der Waals surface area contributed by atoms with Crippen molar-refractivity contribution in [1.82, 2.24) is 21.5 Å². The van der Waals surface area contributed by atoms with Crippen molar-refractivity contribution in [2.75, 3.05) is 26.2 Å². The van der Waals surface area contributed by atoms with Gasteiger partial charge in [-0.3, -0.25) is 20.4 Å². The number of halogens is 2. The zero-order valence-electron chi connectivity index (χ0n) is 11.8. The van der Waals surface area contributed by atoms with E-state index in [1.165, 1.54) is 0 Å². The highest BCUT2D eigenvalue weighted by molar-refractivity contribution is 7.80. The molecule has 0 atom stereocenters. The average Bonchev–Trinajstić information content (AvgIpc) is 2.44. The Hall–Kier alpha value is -0.830. The van der Waals surface area contributed by atoms with Gasteiger partial charge >= 0.3 is 5.97 Å². The number of piperidine rings is 1. The molecule has 1 aliphatic rings. The number of nitrogens with one attached hydrogen (secondary N) is 4. The molecule has 7 nitrogen and oxygen atoms in total. The number of ether oxygens (including phenoxy) is 1. The van der Waals surface area contributed by atoms with E-state index in [9.17, 15) is 9.59 Å². The van der Waals surface area contributed by atoms with Crippen LogP contribution in [0.4, 0.5) is 0 Å². The van der Waals surface area contributed by atoms with Crippen molar-refractivity contribution >= 4 is 54.0 Å². The van der Waals surface area contributed by atoms with Crippen molar-refractivity contribution in [3.63, 3.8) is 0 Å². The number of hydrogen-bond donors (Lipinski definition) is 4. The molecule has 1 heterocycles. The topological polar surface area (TPSA) is 91.5 Å². The van der Waals surface area contributed by atoms with Gasteiger partial charge in [0, 0.05) is 5.92 Å². The second kappa shape index (κ2) is 12.9. The second-order valence-electron chi connectivity index (χ2n) is 4.13. The van der Waals surface area contributed by atoms with Gasteiger partial charge in [0.05, 0.1) is 6.61 Å². The molecule has 0 aromatic heterocycles. The van der Waals surface area contributed by atoms with Crippen molar-refractivity contribution in [3.05, 3.63) is 0 Å². The quantitative estimate of drug-likeness (QED) is 0.316. The molecule has 1 saturated heterocycles. The Morgan fingerprint density at radius 2 is 1.86 bits per heavy atom. The summed E-state index contributed by atoms with van der Waals surface area (Å²) >= 11 is 4.92. The van der Waals surface area contributed by atoms with Crippen LogP contribution in [0.3, 0.4) is 0 Å². The zero-order valence-corrected chi connectivity index (χ0v) is 14.2. The number of hydrogen-bond acceptors (Lipinski definition) is 5. The van der Waals surface area contributed by atoms with Crippen LogP contribution in [0.15, 0.2) is 0 Å². The largest absolute Gasteiger partial charge is 0.465 e. The van der Waals surface area contributed by atoms with Crippen LogP contribution in [0.5, 0.6) is 0 Å². The summed E-state index contributed by atoms with van der Waals surface area (Å²) in [5.41, 5.74) is 5.11. The minimum atomic E-state index is -0.392. The minimum absolute atomic E-state index is 0. The van der Waals surface area contributed by atoms with Crippen LogP contribution in [0.25, 0.3) is 0 Å². The van der Waals surface area contributed by atoms with Gasteiger partial charge in [-0.2, -0.15) is 0 Å². The van der Waals surface area contributed by atoms with E-state index in [0.717, 1.165) is 25.9 Å². The molecular weight excluding hydrogens is 339 g/mol. The third-order valence-electron chi connectivity index (χ3n) is 2.71. The van der Waals surface area contributed by atoms with Gasteiger partial charge in [0.1, 0.15) is 6.54 Å². The molecule has 0 radical (unpaired) electrons. The number of thiocarbonyl (C=S) groups is 1. The first-order valence-corrected chi connectivity index (χ1v) is 6.74. The van der Waals surface area contributed by atoms with Gasteiger partial charge in [0.25, 0.3) is 0 Å². The summed E-state index contributed by atoms with van der Waals surface area (Å²) in [6, 6.07) is 0. The van der Waals surface area contributed by atoms with Gasteiger partial charge in [-0.1, -0.05) is 0 Å². The Labute approximate surface area is 142 Å². The molecule has 0 unspecified atom stereocenters. The molecule has 0 aliphatic carbocycles. The normalized spacial score (nSPS) is 14.0. The fourth-order valence-corrected chi connectivity index (χ4v) is 1.84. The van der Waals surface area contributed by atoms with Crippen LogP contribution in [0.2, 0.25) is 0 Å². The van der Waals surface area contributed by atoms with E-state index in [1.807, 2.05) is 0 Å². The molecule has 1 amide bonds. The lowest BCUT2D eigenvalue weighted by Crippen LogP contribution is -2.50. The first-order valence-electron chi connectivity index (χ1n) is 6.33. The fraction of sp³-hybridized carbons (Fsp3) is 0.727. The second-order valence-corrected chi connectivity index (χ2v) is 4.53. The molecule has 1 aliphatic heterocycles. The predicted octanol–water partition coefficient (Wildman–Crippen LogP) is -0.112. The third-order valence-corrected chi connectivity index (χ3v) is 2.95. The summed E-state index contributed by atoms with van der Waals surface area (Å²) in [6.07, 6.45) is 1.63. The summed E-state index contributed by atoms with van der Waals surface area (Å²) in [4.78, 5) is 22.8. The van der Waals surface area contributed by atoms with E-state index in [0.29, 0.717) is 6.61 Å². The first-order chi connectivity index (χ1) is 9.13. The zero-order chi connectivity index (χ0) is 14.1. The van der Waals surface area contributed by atoms with Crippen LogP contribution < -0.4 is 21.5 Å². The van der Waals surface area contributed by atoms with E-state index in [4.69, 9.17) is 17.0 Å². The number of carbonyl (C=O) groups is 2. The fourth-order valence-electron chi connectivity index (χ4n) is 1.71. The van der Waals surface area contributed by atoms with E-state index < -0.39 is 5.97 Å². The highest BCUT2D eigenvalue weighted by Gasteiger charge is 2.20. The third kappa shape index (κ3) is 9.67. The maximum absolute atomic E-state index is 11.8. The summed E-state index contributed by atoms with van der Waals surface area (Å²) in [5.74, 6) is -0.472. The number of amides is 1.